The molecule has 0 saturated heterocycles. The van der Waals surface area contributed by atoms with Crippen LogP contribution in [0, 0.1) is 6.92 Å². The highest BCUT2D eigenvalue weighted by Gasteiger charge is 2.41. The van der Waals surface area contributed by atoms with E-state index in [1.807, 2.05) is 94.4 Å². The molecule has 254 valence electrons. The lowest BCUT2D eigenvalue weighted by Crippen LogP contribution is -2.54. The lowest BCUT2D eigenvalue weighted by molar-refractivity contribution is -0.157. The first kappa shape index (κ1) is 35.5. The van der Waals surface area contributed by atoms with Crippen molar-refractivity contribution in [3.63, 3.8) is 0 Å². The maximum absolute atomic E-state index is 14.0. The molecule has 5 aromatic carbocycles. The molecule has 49 heavy (non-hydrogen) atoms. The van der Waals surface area contributed by atoms with Crippen LogP contribution in [-0.4, -0.2) is 39.2 Å². The maximum atomic E-state index is 14.0. The summed E-state index contributed by atoms with van der Waals surface area (Å²) in [7, 11) is -3.88. The molecular weight excluding hydrogens is 635 g/mol. The number of carbonyl (C=O) groups excluding carboxylic acids is 1. The topological polar surface area (TPSA) is 90.9 Å². The zero-order valence-electron chi connectivity index (χ0n) is 28.3. The van der Waals surface area contributed by atoms with E-state index in [-0.39, 0.29) is 24.1 Å². The molecule has 0 heterocycles. The number of hydrogen-bond acceptors (Lipinski definition) is 7. The van der Waals surface area contributed by atoms with E-state index in [0.29, 0.717) is 12.2 Å². The van der Waals surface area contributed by atoms with Crippen LogP contribution in [0.1, 0.15) is 48.6 Å². The minimum Gasteiger partial charge on any atom is -0.491 e. The Morgan fingerprint density at radius 3 is 1.63 bits per heavy atom. The predicted octanol–water partition coefficient (Wildman–Crippen LogP) is 7.61. The number of aryl methyl sites for hydroxylation is 1. The molecule has 0 saturated carbocycles. The van der Waals surface area contributed by atoms with Crippen molar-refractivity contribution in [2.75, 3.05) is 13.2 Å². The normalized spacial score (nSPS) is 12.7. The summed E-state index contributed by atoms with van der Waals surface area (Å²) < 4.78 is 41.9. The molecule has 1 atom stereocenters. The summed E-state index contributed by atoms with van der Waals surface area (Å²) >= 11 is 0. The highest BCUT2D eigenvalue weighted by molar-refractivity contribution is 7.86. The van der Waals surface area contributed by atoms with Gasteiger partial charge >= 0.3 is 5.97 Å². The van der Waals surface area contributed by atoms with E-state index in [0.717, 1.165) is 27.8 Å². The zero-order valence-corrected chi connectivity index (χ0v) is 29.2. The predicted molar refractivity (Wildman–Crippen MR) is 192 cm³/mol. The third-order valence-electron chi connectivity index (χ3n) is 7.97. The van der Waals surface area contributed by atoms with E-state index in [1.54, 1.807) is 24.3 Å². The number of ether oxygens (including phenoxy) is 2. The van der Waals surface area contributed by atoms with Gasteiger partial charge in [0.1, 0.15) is 30.6 Å². The van der Waals surface area contributed by atoms with E-state index in [2.05, 4.69) is 41.7 Å². The smallest absolute Gasteiger partial charge is 0.324 e. The summed E-state index contributed by atoms with van der Waals surface area (Å²) in [5.74, 6) is 0.181. The first-order valence-corrected chi connectivity index (χ1v) is 17.7. The van der Waals surface area contributed by atoms with Crippen LogP contribution in [0.25, 0.3) is 0 Å². The van der Waals surface area contributed by atoms with Gasteiger partial charge in [0.05, 0.1) is 10.4 Å². The summed E-state index contributed by atoms with van der Waals surface area (Å²) in [5.41, 5.74) is 3.22. The monoisotopic (exact) mass is 677 g/mol. The Labute approximate surface area is 290 Å². The van der Waals surface area contributed by atoms with Crippen molar-refractivity contribution in [1.29, 1.82) is 0 Å². The maximum Gasteiger partial charge on any atom is 0.324 e. The van der Waals surface area contributed by atoms with Crippen LogP contribution in [0.15, 0.2) is 144 Å². The van der Waals surface area contributed by atoms with Gasteiger partial charge in [-0.3, -0.25) is 14.3 Å². The second-order valence-corrected chi connectivity index (χ2v) is 14.5. The number of carbonyl (C=O) groups is 1. The molecule has 0 amide bonds. The van der Waals surface area contributed by atoms with E-state index < -0.39 is 27.3 Å². The van der Waals surface area contributed by atoms with E-state index in [1.165, 1.54) is 12.1 Å². The van der Waals surface area contributed by atoms with Gasteiger partial charge in [-0.15, -0.1) is 0 Å². The van der Waals surface area contributed by atoms with Crippen LogP contribution in [0.4, 0.5) is 0 Å². The van der Waals surface area contributed by atoms with Gasteiger partial charge in [-0.2, -0.15) is 8.42 Å². The van der Waals surface area contributed by atoms with Crippen molar-refractivity contribution in [3.05, 3.63) is 167 Å². The van der Waals surface area contributed by atoms with Crippen molar-refractivity contribution in [2.24, 2.45) is 0 Å². The molecule has 7 nitrogen and oxygen atoms in total. The summed E-state index contributed by atoms with van der Waals surface area (Å²) in [6, 6.07) is 43.5. The lowest BCUT2D eigenvalue weighted by atomic mass is 9.76. The zero-order chi connectivity index (χ0) is 34.9. The first-order chi connectivity index (χ1) is 23.5. The summed E-state index contributed by atoms with van der Waals surface area (Å²) in [5, 5.41) is 3.80. The van der Waals surface area contributed by atoms with Gasteiger partial charge in [-0.25, -0.2) is 0 Å². The molecule has 0 radical (unpaired) electrons. The van der Waals surface area contributed by atoms with Crippen molar-refractivity contribution < 1.29 is 26.9 Å². The Morgan fingerprint density at radius 2 is 1.16 bits per heavy atom. The third kappa shape index (κ3) is 9.23. The van der Waals surface area contributed by atoms with Crippen molar-refractivity contribution in [3.8, 4) is 5.75 Å². The van der Waals surface area contributed by atoms with Crippen LogP contribution in [-0.2, 0) is 35.8 Å². The Morgan fingerprint density at radius 1 is 0.673 bits per heavy atom. The fourth-order valence-corrected chi connectivity index (χ4v) is 6.57. The van der Waals surface area contributed by atoms with Gasteiger partial charge < -0.3 is 9.47 Å². The van der Waals surface area contributed by atoms with Gasteiger partial charge in [0.2, 0.25) is 0 Å². The Hall–Kier alpha value is -4.76. The molecule has 1 N–H and O–H groups in total. The van der Waals surface area contributed by atoms with Gasteiger partial charge in [0.25, 0.3) is 10.1 Å². The summed E-state index contributed by atoms with van der Waals surface area (Å²) in [6.45, 7) is 7.38. The molecule has 0 aromatic heterocycles. The van der Waals surface area contributed by atoms with E-state index >= 15 is 0 Å². The average Bonchev–Trinajstić information content (AvgIpc) is 3.10. The minimum atomic E-state index is -3.88. The van der Waals surface area contributed by atoms with Gasteiger partial charge in [-0.1, -0.05) is 121 Å². The lowest BCUT2D eigenvalue weighted by Gasteiger charge is -2.40. The summed E-state index contributed by atoms with van der Waals surface area (Å²) in [4.78, 5) is 14.1. The molecule has 8 heteroatoms. The molecule has 5 aromatic rings. The van der Waals surface area contributed by atoms with Gasteiger partial charge in [-0.05, 0) is 80.6 Å². The second-order valence-electron chi connectivity index (χ2n) is 12.9. The SMILES string of the molecule is Cc1ccc(S(=O)(=O)OCCOc2ccc(C[C@H](NC(c3ccccc3)(c3ccccc3)c3ccccc3)C(=O)OC(C)(C)C)cc2)cc1. The molecule has 0 fully saturated rings. The molecular formula is C41H43NO6S. The minimum absolute atomic E-state index is 0.0419. The highest BCUT2D eigenvalue weighted by Crippen LogP contribution is 2.38. The Bertz CT molecular complexity index is 1790. The molecule has 0 aliphatic heterocycles. The van der Waals surface area contributed by atoms with Crippen molar-refractivity contribution >= 4 is 16.1 Å². The van der Waals surface area contributed by atoms with Gasteiger partial charge in [0.15, 0.2) is 0 Å². The van der Waals surface area contributed by atoms with Crippen LogP contribution >= 0.6 is 0 Å². The number of nitrogens with one attached hydrogen (secondary N) is 1. The molecule has 0 unspecified atom stereocenters. The van der Waals surface area contributed by atoms with Crippen LogP contribution in [0.5, 0.6) is 5.75 Å². The summed E-state index contributed by atoms with van der Waals surface area (Å²) in [6.07, 6.45) is 0.335. The molecule has 0 spiro atoms. The Kier molecular flexibility index (Phi) is 11.3. The average molecular weight is 678 g/mol. The third-order valence-corrected chi connectivity index (χ3v) is 9.29. The van der Waals surface area contributed by atoms with Crippen molar-refractivity contribution in [2.45, 2.75) is 56.2 Å². The quantitative estimate of drug-likeness (QED) is 0.0560. The fourth-order valence-electron chi connectivity index (χ4n) is 5.68. The van der Waals surface area contributed by atoms with Crippen LogP contribution < -0.4 is 10.1 Å². The molecule has 0 bridgehead atoms. The largest absolute Gasteiger partial charge is 0.491 e. The standard InChI is InChI=1S/C41H43NO6S/c1-31-20-26-37(27-21-31)49(44,45)47-29-28-46-36-24-22-32(23-25-36)30-38(39(43)48-40(2,3)4)42-41(33-14-8-5-9-15-33,34-16-10-6-11-17-34)35-18-12-7-13-19-35/h5-27,38,42H,28-30H2,1-4H3/t38-/m0/s1. The Balaban J connectivity index is 1.38. The molecule has 5 rings (SSSR count). The number of rotatable bonds is 14. The highest BCUT2D eigenvalue weighted by atomic mass is 32.2. The van der Waals surface area contributed by atoms with Crippen LogP contribution in [0.2, 0.25) is 0 Å². The van der Waals surface area contributed by atoms with E-state index in [9.17, 15) is 13.2 Å². The number of benzene rings is 5. The number of esters is 1. The van der Waals surface area contributed by atoms with Crippen LogP contribution in [0.3, 0.4) is 0 Å². The van der Waals surface area contributed by atoms with E-state index in [4.69, 9.17) is 13.7 Å². The first-order valence-electron chi connectivity index (χ1n) is 16.3. The molecule has 0 aliphatic carbocycles. The van der Waals surface area contributed by atoms with Gasteiger partial charge in [0, 0.05) is 0 Å². The molecule has 0 aliphatic rings. The number of hydrogen-bond donors (Lipinski definition) is 1. The fraction of sp³-hybridized carbons (Fsp3) is 0.244. The second kappa shape index (κ2) is 15.6. The van der Waals surface area contributed by atoms with Crippen molar-refractivity contribution in [1.82, 2.24) is 5.32 Å².